The fourth-order valence-electron chi connectivity index (χ4n) is 2.23. The highest BCUT2D eigenvalue weighted by Crippen LogP contribution is 2.24. The third kappa shape index (κ3) is 3.07. The first-order valence-electron chi connectivity index (χ1n) is 6.37. The molecule has 20 heavy (non-hydrogen) atoms. The van der Waals surface area contributed by atoms with Crippen LogP contribution in [0.5, 0.6) is 0 Å². The van der Waals surface area contributed by atoms with Crippen molar-refractivity contribution in [1.82, 2.24) is 9.80 Å². The summed E-state index contributed by atoms with van der Waals surface area (Å²) in [7, 11) is 1.80. The molecule has 0 saturated carbocycles. The second-order valence-corrected chi connectivity index (χ2v) is 5.83. The lowest BCUT2D eigenvalue weighted by Crippen LogP contribution is -2.39. The first-order valence-corrected chi connectivity index (χ1v) is 7.76. The topological polar surface area (TPSA) is 60.9 Å². The van der Waals surface area contributed by atoms with E-state index in [0.717, 1.165) is 16.9 Å². The average Bonchev–Trinajstić information content (AvgIpc) is 2.86. The van der Waals surface area contributed by atoms with Gasteiger partial charge in [0.1, 0.15) is 0 Å². The van der Waals surface area contributed by atoms with Gasteiger partial charge in [0.15, 0.2) is 0 Å². The van der Waals surface area contributed by atoms with E-state index >= 15 is 0 Å². The summed E-state index contributed by atoms with van der Waals surface area (Å²) in [5.41, 5.74) is 2.23. The molecule has 1 aliphatic rings. The summed E-state index contributed by atoms with van der Waals surface area (Å²) >= 11 is 1.70. The molecule has 1 aromatic carbocycles. The van der Waals surface area contributed by atoms with Gasteiger partial charge in [-0.15, -0.1) is 0 Å². The van der Waals surface area contributed by atoms with Crippen molar-refractivity contribution in [2.75, 3.05) is 25.6 Å². The highest BCUT2D eigenvalue weighted by atomic mass is 32.2. The molecule has 0 fully saturated rings. The molecule has 0 saturated heterocycles. The smallest absolute Gasteiger partial charge is 0.335 e. The molecule has 1 aromatic rings. The molecule has 2 rings (SSSR count). The number of benzene rings is 1. The monoisotopic (exact) mass is 294 g/mol. The normalized spacial score (nSPS) is 13.2. The van der Waals surface area contributed by atoms with Gasteiger partial charge in [-0.2, -0.15) is 11.8 Å². The van der Waals surface area contributed by atoms with Crippen LogP contribution in [-0.4, -0.2) is 52.5 Å². The molecule has 0 aliphatic carbocycles. The number of nitrogens with zero attached hydrogens (tertiary/aromatic N) is 2. The number of fused-ring (bicyclic) bond motifs is 1. The fraction of sp³-hybridized carbons (Fsp3) is 0.429. The molecule has 0 unspecified atom stereocenters. The molecule has 1 heterocycles. The number of hydrogen-bond donors (Lipinski definition) is 1. The van der Waals surface area contributed by atoms with Crippen LogP contribution >= 0.6 is 11.8 Å². The van der Waals surface area contributed by atoms with E-state index in [1.54, 1.807) is 46.8 Å². The maximum atomic E-state index is 12.3. The van der Waals surface area contributed by atoms with Crippen LogP contribution in [0.3, 0.4) is 0 Å². The summed E-state index contributed by atoms with van der Waals surface area (Å²) in [6.45, 7) is 1.75. The van der Waals surface area contributed by atoms with Crippen molar-refractivity contribution in [3.63, 3.8) is 0 Å². The molecular weight excluding hydrogens is 276 g/mol. The molecule has 0 atom stereocenters. The second-order valence-electron chi connectivity index (χ2n) is 4.84. The van der Waals surface area contributed by atoms with E-state index in [2.05, 4.69) is 0 Å². The molecule has 0 aromatic heterocycles. The Hall–Kier alpha value is -1.69. The quantitative estimate of drug-likeness (QED) is 0.924. The second kappa shape index (κ2) is 6.17. The van der Waals surface area contributed by atoms with Crippen LogP contribution in [0, 0.1) is 0 Å². The third-order valence-electron chi connectivity index (χ3n) is 3.40. The van der Waals surface area contributed by atoms with Crippen molar-refractivity contribution in [1.29, 1.82) is 0 Å². The zero-order chi connectivity index (χ0) is 14.7. The van der Waals surface area contributed by atoms with Crippen LogP contribution in [0.15, 0.2) is 18.2 Å². The number of aromatic carboxylic acids is 1. The van der Waals surface area contributed by atoms with Crippen LogP contribution in [-0.2, 0) is 13.1 Å². The Balaban J connectivity index is 2.05. The third-order valence-corrected chi connectivity index (χ3v) is 3.99. The predicted octanol–water partition coefficient (Wildman–Crippen LogP) is 2.12. The van der Waals surface area contributed by atoms with Gasteiger partial charge in [-0.25, -0.2) is 9.59 Å². The van der Waals surface area contributed by atoms with Crippen LogP contribution in [0.2, 0.25) is 0 Å². The van der Waals surface area contributed by atoms with Crippen LogP contribution in [0.25, 0.3) is 0 Å². The Morgan fingerprint density at radius 3 is 2.70 bits per heavy atom. The molecule has 2 amide bonds. The number of carboxylic acid groups (broad SMARTS) is 1. The molecule has 5 nitrogen and oxygen atoms in total. The molecule has 1 aliphatic heterocycles. The summed E-state index contributed by atoms with van der Waals surface area (Å²) in [4.78, 5) is 26.7. The fourth-order valence-corrected chi connectivity index (χ4v) is 2.68. The van der Waals surface area contributed by atoms with Crippen molar-refractivity contribution in [3.05, 3.63) is 34.9 Å². The molecule has 0 spiro atoms. The Morgan fingerprint density at radius 1 is 1.35 bits per heavy atom. The standard InChI is InChI=1S/C14H18N2O3S/c1-15(5-6-20-2)14(19)16-8-11-4-3-10(13(17)18)7-12(11)9-16/h3-4,7H,5-6,8-9H2,1-2H3,(H,17,18). The summed E-state index contributed by atoms with van der Waals surface area (Å²) in [5.74, 6) is -0.0266. The van der Waals surface area contributed by atoms with E-state index in [1.165, 1.54) is 0 Å². The van der Waals surface area contributed by atoms with Gasteiger partial charge in [-0.1, -0.05) is 6.07 Å². The van der Waals surface area contributed by atoms with Crippen molar-refractivity contribution >= 4 is 23.8 Å². The number of urea groups is 1. The van der Waals surface area contributed by atoms with E-state index in [0.29, 0.717) is 19.6 Å². The number of thioether (sulfide) groups is 1. The van der Waals surface area contributed by atoms with Crippen LogP contribution in [0.1, 0.15) is 21.5 Å². The summed E-state index contributed by atoms with van der Waals surface area (Å²) < 4.78 is 0. The van der Waals surface area contributed by atoms with E-state index in [9.17, 15) is 9.59 Å². The van der Waals surface area contributed by atoms with Gasteiger partial charge in [0.05, 0.1) is 5.56 Å². The number of amides is 2. The van der Waals surface area contributed by atoms with Gasteiger partial charge in [0, 0.05) is 32.4 Å². The van der Waals surface area contributed by atoms with Crippen molar-refractivity contribution < 1.29 is 14.7 Å². The lowest BCUT2D eigenvalue weighted by molar-refractivity contribution is 0.0696. The number of carboxylic acids is 1. The van der Waals surface area contributed by atoms with Gasteiger partial charge in [0.25, 0.3) is 0 Å². The van der Waals surface area contributed by atoms with E-state index < -0.39 is 5.97 Å². The first-order chi connectivity index (χ1) is 9.52. The van der Waals surface area contributed by atoms with Crippen molar-refractivity contribution in [3.8, 4) is 0 Å². The Kier molecular flexibility index (Phi) is 4.54. The summed E-state index contributed by atoms with van der Waals surface area (Å²) in [6, 6.07) is 5.04. The molecule has 108 valence electrons. The lowest BCUT2D eigenvalue weighted by atomic mass is 10.1. The van der Waals surface area contributed by atoms with Gasteiger partial charge >= 0.3 is 12.0 Å². The molecule has 0 radical (unpaired) electrons. The number of rotatable bonds is 4. The number of carbonyl (C=O) groups is 2. The largest absolute Gasteiger partial charge is 0.478 e. The van der Waals surface area contributed by atoms with E-state index in [4.69, 9.17) is 5.11 Å². The van der Waals surface area contributed by atoms with E-state index in [-0.39, 0.29) is 11.6 Å². The van der Waals surface area contributed by atoms with Gasteiger partial charge in [-0.3, -0.25) is 0 Å². The average molecular weight is 294 g/mol. The lowest BCUT2D eigenvalue weighted by Gasteiger charge is -2.24. The highest BCUT2D eigenvalue weighted by molar-refractivity contribution is 7.98. The minimum Gasteiger partial charge on any atom is -0.478 e. The molecule has 6 heteroatoms. The SMILES string of the molecule is CSCCN(C)C(=O)N1Cc2ccc(C(=O)O)cc2C1. The van der Waals surface area contributed by atoms with Crippen LogP contribution < -0.4 is 0 Å². The maximum Gasteiger partial charge on any atom is 0.335 e. The Labute approximate surface area is 122 Å². The molecular formula is C14H18N2O3S. The van der Waals surface area contributed by atoms with Crippen molar-refractivity contribution in [2.24, 2.45) is 0 Å². The van der Waals surface area contributed by atoms with Gasteiger partial charge in [0.2, 0.25) is 0 Å². The zero-order valence-electron chi connectivity index (χ0n) is 11.6. The summed E-state index contributed by atoms with van der Waals surface area (Å²) in [5, 5.41) is 8.99. The maximum absolute atomic E-state index is 12.3. The first kappa shape index (κ1) is 14.7. The minimum atomic E-state index is -0.935. The minimum absolute atomic E-state index is 0.00729. The van der Waals surface area contributed by atoms with Crippen LogP contribution in [0.4, 0.5) is 4.79 Å². The number of hydrogen-bond acceptors (Lipinski definition) is 3. The van der Waals surface area contributed by atoms with Gasteiger partial charge in [-0.05, 0) is 29.5 Å². The molecule has 0 bridgehead atoms. The zero-order valence-corrected chi connectivity index (χ0v) is 12.4. The Morgan fingerprint density at radius 2 is 2.05 bits per heavy atom. The summed E-state index contributed by atoms with van der Waals surface area (Å²) in [6.07, 6.45) is 2.01. The predicted molar refractivity (Wildman–Crippen MR) is 79.1 cm³/mol. The van der Waals surface area contributed by atoms with E-state index in [1.807, 2.05) is 6.26 Å². The van der Waals surface area contributed by atoms with Crippen molar-refractivity contribution in [2.45, 2.75) is 13.1 Å². The highest BCUT2D eigenvalue weighted by Gasteiger charge is 2.26. The molecule has 1 N–H and O–H groups in total. The number of carbonyl (C=O) groups excluding carboxylic acids is 1. The van der Waals surface area contributed by atoms with Gasteiger partial charge < -0.3 is 14.9 Å². The Bertz CT molecular complexity index is 533.